The van der Waals surface area contributed by atoms with Gasteiger partial charge < -0.3 is 4.90 Å². The van der Waals surface area contributed by atoms with E-state index in [-0.39, 0.29) is 0 Å². The first kappa shape index (κ1) is 13.6. The van der Waals surface area contributed by atoms with E-state index in [1.165, 1.54) is 48.9 Å². The molecule has 2 aromatic carbocycles. The first-order valence-electron chi connectivity index (χ1n) is 7.91. The zero-order chi connectivity index (χ0) is 14.4. The lowest BCUT2D eigenvalue weighted by molar-refractivity contribution is 0.203. The second-order valence-corrected chi connectivity index (χ2v) is 7.38. The van der Waals surface area contributed by atoms with Gasteiger partial charge in [-0.15, -0.1) is 0 Å². The van der Waals surface area contributed by atoms with Crippen LogP contribution in [0.2, 0.25) is 0 Å². The highest BCUT2D eigenvalue weighted by Crippen LogP contribution is 2.31. The average Bonchev–Trinajstić information content (AvgIpc) is 2.93. The van der Waals surface area contributed by atoms with Crippen molar-refractivity contribution in [3.05, 3.63) is 40.9 Å². The summed E-state index contributed by atoms with van der Waals surface area (Å²) in [7, 11) is 0. The van der Waals surface area contributed by atoms with Gasteiger partial charge in [0.2, 0.25) is 0 Å². The smallest absolute Gasteiger partial charge is 0.0389 e. The number of rotatable bonds is 1. The molecule has 2 heterocycles. The van der Waals surface area contributed by atoms with Crippen molar-refractivity contribution in [1.29, 1.82) is 0 Å². The van der Waals surface area contributed by atoms with Crippen molar-refractivity contribution in [2.75, 3.05) is 24.5 Å². The highest BCUT2D eigenvalue weighted by molar-refractivity contribution is 9.10. The second kappa shape index (κ2) is 5.29. The maximum Gasteiger partial charge on any atom is 0.0389 e. The Morgan fingerprint density at radius 1 is 1.05 bits per heavy atom. The zero-order valence-electron chi connectivity index (χ0n) is 12.4. The molecule has 2 fully saturated rings. The van der Waals surface area contributed by atoms with Gasteiger partial charge >= 0.3 is 0 Å². The monoisotopic (exact) mass is 344 g/mol. The Morgan fingerprint density at radius 3 is 2.76 bits per heavy atom. The number of halogens is 1. The zero-order valence-corrected chi connectivity index (χ0v) is 14.0. The molecule has 2 unspecified atom stereocenters. The van der Waals surface area contributed by atoms with E-state index in [9.17, 15) is 0 Å². The van der Waals surface area contributed by atoms with Crippen molar-refractivity contribution >= 4 is 32.4 Å². The van der Waals surface area contributed by atoms with E-state index in [4.69, 9.17) is 0 Å². The van der Waals surface area contributed by atoms with Gasteiger partial charge in [0.05, 0.1) is 0 Å². The highest BCUT2D eigenvalue weighted by Gasteiger charge is 2.34. The molecule has 2 atom stereocenters. The molecule has 2 aliphatic rings. The van der Waals surface area contributed by atoms with Gasteiger partial charge in [-0.1, -0.05) is 28.1 Å². The molecule has 2 saturated heterocycles. The van der Waals surface area contributed by atoms with Crippen molar-refractivity contribution in [3.63, 3.8) is 0 Å². The highest BCUT2D eigenvalue weighted by atomic mass is 79.9. The summed E-state index contributed by atoms with van der Waals surface area (Å²) in [5.74, 6) is 0. The Bertz CT molecular complexity index is 669. The molecule has 3 heteroatoms. The van der Waals surface area contributed by atoms with Crippen LogP contribution in [0.15, 0.2) is 40.9 Å². The molecule has 0 saturated carbocycles. The molecule has 4 rings (SSSR count). The van der Waals surface area contributed by atoms with Crippen LogP contribution in [0.25, 0.3) is 10.8 Å². The van der Waals surface area contributed by atoms with Crippen LogP contribution in [0.4, 0.5) is 5.69 Å². The minimum Gasteiger partial charge on any atom is -0.366 e. The van der Waals surface area contributed by atoms with Crippen LogP contribution in [0.3, 0.4) is 0 Å². The molecule has 0 bridgehead atoms. The molecule has 0 aromatic heterocycles. The van der Waals surface area contributed by atoms with E-state index in [0.717, 1.165) is 10.5 Å². The molecule has 0 N–H and O–H groups in total. The Labute approximate surface area is 134 Å². The number of hydrogen-bond acceptors (Lipinski definition) is 2. The number of piperazine rings is 1. The summed E-state index contributed by atoms with van der Waals surface area (Å²) in [6.07, 6.45) is 2.74. The van der Waals surface area contributed by atoms with Crippen LogP contribution in [-0.4, -0.2) is 36.6 Å². The normalized spacial score (nSPS) is 26.3. The van der Waals surface area contributed by atoms with Gasteiger partial charge in [-0.3, -0.25) is 4.90 Å². The summed E-state index contributed by atoms with van der Waals surface area (Å²) >= 11 is 3.55. The summed E-state index contributed by atoms with van der Waals surface area (Å²) in [6, 6.07) is 14.8. The Kier molecular flexibility index (Phi) is 3.43. The van der Waals surface area contributed by atoms with Crippen LogP contribution >= 0.6 is 15.9 Å². The first-order valence-corrected chi connectivity index (χ1v) is 8.70. The van der Waals surface area contributed by atoms with E-state index < -0.39 is 0 Å². The van der Waals surface area contributed by atoms with Crippen molar-refractivity contribution in [2.24, 2.45) is 0 Å². The standard InChI is InChI=1S/C18H21BrN2/c1-13-11-20-8-2-3-18(20)12-21(13)17-7-5-14-9-16(19)6-4-15(14)10-17/h4-7,9-10,13,18H,2-3,8,11-12H2,1H3. The van der Waals surface area contributed by atoms with Gasteiger partial charge in [0.15, 0.2) is 0 Å². The van der Waals surface area contributed by atoms with Gasteiger partial charge in [-0.25, -0.2) is 0 Å². The second-order valence-electron chi connectivity index (χ2n) is 6.47. The third kappa shape index (κ3) is 2.47. The lowest BCUT2D eigenvalue weighted by Gasteiger charge is -2.43. The van der Waals surface area contributed by atoms with Crippen molar-refractivity contribution in [2.45, 2.75) is 31.8 Å². The van der Waals surface area contributed by atoms with E-state index in [0.29, 0.717) is 6.04 Å². The molecule has 21 heavy (non-hydrogen) atoms. The molecule has 2 aromatic rings. The molecular weight excluding hydrogens is 324 g/mol. The quantitative estimate of drug-likeness (QED) is 0.761. The fourth-order valence-corrected chi connectivity index (χ4v) is 4.31. The maximum absolute atomic E-state index is 3.55. The van der Waals surface area contributed by atoms with Gasteiger partial charge in [-0.05, 0) is 61.3 Å². The summed E-state index contributed by atoms with van der Waals surface area (Å²) in [4.78, 5) is 5.29. The number of benzene rings is 2. The first-order chi connectivity index (χ1) is 10.2. The van der Waals surface area contributed by atoms with Crippen molar-refractivity contribution < 1.29 is 0 Å². The molecule has 0 radical (unpaired) electrons. The predicted octanol–water partition coefficient (Wildman–Crippen LogP) is 4.28. The van der Waals surface area contributed by atoms with Gasteiger partial charge in [-0.2, -0.15) is 0 Å². The summed E-state index contributed by atoms with van der Waals surface area (Å²) in [6.45, 7) is 6.06. The van der Waals surface area contributed by atoms with Crippen LogP contribution in [0.5, 0.6) is 0 Å². The molecule has 2 nitrogen and oxygen atoms in total. The Balaban J connectivity index is 1.67. The molecule has 0 amide bonds. The Morgan fingerprint density at radius 2 is 1.86 bits per heavy atom. The third-order valence-electron chi connectivity index (χ3n) is 5.05. The van der Waals surface area contributed by atoms with Gasteiger partial charge in [0, 0.05) is 35.3 Å². The van der Waals surface area contributed by atoms with Gasteiger partial charge in [0.25, 0.3) is 0 Å². The number of nitrogens with zero attached hydrogens (tertiary/aromatic N) is 2. The van der Waals surface area contributed by atoms with E-state index >= 15 is 0 Å². The van der Waals surface area contributed by atoms with E-state index in [1.807, 2.05) is 0 Å². The number of hydrogen-bond donors (Lipinski definition) is 0. The summed E-state index contributed by atoms with van der Waals surface area (Å²) in [5.41, 5.74) is 1.38. The topological polar surface area (TPSA) is 6.48 Å². The van der Waals surface area contributed by atoms with Crippen LogP contribution in [0.1, 0.15) is 19.8 Å². The molecule has 0 aliphatic carbocycles. The number of fused-ring (bicyclic) bond motifs is 2. The Hall–Kier alpha value is -1.06. The molecule has 110 valence electrons. The predicted molar refractivity (Wildman–Crippen MR) is 93.1 cm³/mol. The minimum absolute atomic E-state index is 0.604. The SMILES string of the molecule is CC1CN2CCCC2CN1c1ccc2cc(Br)ccc2c1. The summed E-state index contributed by atoms with van der Waals surface area (Å²) < 4.78 is 1.15. The average molecular weight is 345 g/mol. The number of anilines is 1. The molecule has 0 spiro atoms. The fraction of sp³-hybridized carbons (Fsp3) is 0.444. The third-order valence-corrected chi connectivity index (χ3v) is 5.55. The molecule has 2 aliphatic heterocycles. The minimum atomic E-state index is 0.604. The summed E-state index contributed by atoms with van der Waals surface area (Å²) in [5, 5.41) is 2.64. The molecular formula is C18H21BrN2. The maximum atomic E-state index is 3.55. The lowest BCUT2D eigenvalue weighted by atomic mass is 10.0. The van der Waals surface area contributed by atoms with Gasteiger partial charge in [0.1, 0.15) is 0 Å². The lowest BCUT2D eigenvalue weighted by Crippen LogP contribution is -2.55. The van der Waals surface area contributed by atoms with Crippen molar-refractivity contribution in [1.82, 2.24) is 4.90 Å². The largest absolute Gasteiger partial charge is 0.366 e. The van der Waals surface area contributed by atoms with E-state index in [1.54, 1.807) is 0 Å². The van der Waals surface area contributed by atoms with Crippen LogP contribution in [-0.2, 0) is 0 Å². The fourth-order valence-electron chi connectivity index (χ4n) is 3.93. The van der Waals surface area contributed by atoms with Crippen LogP contribution < -0.4 is 4.90 Å². The van der Waals surface area contributed by atoms with E-state index in [2.05, 4.69) is 69.1 Å². The van der Waals surface area contributed by atoms with Crippen LogP contribution in [0, 0.1) is 0 Å². The van der Waals surface area contributed by atoms with Crippen molar-refractivity contribution in [3.8, 4) is 0 Å².